The highest BCUT2D eigenvalue weighted by Gasteiger charge is 2.14. The van der Waals surface area contributed by atoms with E-state index in [0.29, 0.717) is 28.8 Å². The molecule has 7 nitrogen and oxygen atoms in total. The van der Waals surface area contributed by atoms with Gasteiger partial charge < -0.3 is 18.5 Å². The minimum atomic E-state index is -0.0292. The van der Waals surface area contributed by atoms with Crippen molar-refractivity contribution in [1.82, 2.24) is 14.8 Å². The maximum Gasteiger partial charge on any atom is 0.191 e. The number of ether oxygens (including phenoxy) is 2. The Hall–Kier alpha value is -2.74. The molecular weight excluding hydrogens is 342 g/mol. The number of carbonyl (C=O) groups is 1. The minimum Gasteiger partial charge on any atom is -0.493 e. The number of benzene rings is 1. The highest BCUT2D eigenvalue weighted by Crippen LogP contribution is 2.28. The van der Waals surface area contributed by atoms with E-state index < -0.39 is 0 Å². The van der Waals surface area contributed by atoms with Crippen molar-refractivity contribution in [2.75, 3.05) is 20.0 Å². The van der Waals surface area contributed by atoms with Gasteiger partial charge in [-0.1, -0.05) is 11.8 Å². The van der Waals surface area contributed by atoms with Gasteiger partial charge in [0.1, 0.15) is 12.1 Å². The van der Waals surface area contributed by atoms with Crippen LogP contribution in [-0.2, 0) is 6.54 Å². The molecule has 0 atom stereocenters. The Morgan fingerprint density at radius 2 is 2.08 bits per heavy atom. The Bertz CT molecular complexity index is 845. The second-order valence-corrected chi connectivity index (χ2v) is 6.04. The van der Waals surface area contributed by atoms with Crippen molar-refractivity contribution in [2.45, 2.75) is 11.7 Å². The monoisotopic (exact) mass is 359 g/mol. The number of nitrogens with zero attached hydrogens (tertiary/aromatic N) is 3. The van der Waals surface area contributed by atoms with Gasteiger partial charge in [0, 0.05) is 5.56 Å². The third kappa shape index (κ3) is 4.03. The van der Waals surface area contributed by atoms with Gasteiger partial charge in [-0.2, -0.15) is 0 Å². The van der Waals surface area contributed by atoms with Gasteiger partial charge in [-0.25, -0.2) is 0 Å². The Morgan fingerprint density at radius 1 is 1.24 bits per heavy atom. The molecule has 0 amide bonds. The van der Waals surface area contributed by atoms with Gasteiger partial charge in [0.25, 0.3) is 0 Å². The summed E-state index contributed by atoms with van der Waals surface area (Å²) in [6, 6.07) is 8.82. The first-order valence-electron chi connectivity index (χ1n) is 7.49. The number of methoxy groups -OCH3 is 2. The molecule has 0 aliphatic carbocycles. The molecule has 1 aromatic carbocycles. The summed E-state index contributed by atoms with van der Waals surface area (Å²) < 4.78 is 17.6. The van der Waals surface area contributed by atoms with Crippen molar-refractivity contribution < 1.29 is 18.7 Å². The zero-order valence-electron chi connectivity index (χ0n) is 13.8. The number of rotatable bonds is 8. The molecule has 0 aliphatic rings. The van der Waals surface area contributed by atoms with Crippen LogP contribution in [0.5, 0.6) is 11.5 Å². The molecule has 0 radical (unpaired) electrons. The molecule has 130 valence electrons. The highest BCUT2D eigenvalue weighted by atomic mass is 32.2. The van der Waals surface area contributed by atoms with Crippen molar-refractivity contribution in [3.05, 3.63) is 54.2 Å². The van der Waals surface area contributed by atoms with E-state index in [1.54, 1.807) is 37.9 Å². The topological polar surface area (TPSA) is 79.4 Å². The SMILES string of the molecule is COc1ccc(C(=O)CSc2nncn2Cc2ccco2)cc1OC. The summed E-state index contributed by atoms with van der Waals surface area (Å²) >= 11 is 1.33. The van der Waals surface area contributed by atoms with E-state index in [-0.39, 0.29) is 11.5 Å². The van der Waals surface area contributed by atoms with Crippen LogP contribution < -0.4 is 9.47 Å². The minimum absolute atomic E-state index is 0.0292. The third-order valence-electron chi connectivity index (χ3n) is 3.52. The zero-order chi connectivity index (χ0) is 17.6. The smallest absolute Gasteiger partial charge is 0.191 e. The molecule has 0 unspecified atom stereocenters. The summed E-state index contributed by atoms with van der Waals surface area (Å²) in [6.45, 7) is 0.521. The fourth-order valence-electron chi connectivity index (χ4n) is 2.26. The van der Waals surface area contributed by atoms with Crippen LogP contribution in [-0.4, -0.2) is 40.5 Å². The Morgan fingerprint density at radius 3 is 2.80 bits per heavy atom. The van der Waals surface area contributed by atoms with E-state index in [9.17, 15) is 4.79 Å². The lowest BCUT2D eigenvalue weighted by Gasteiger charge is -2.09. The molecule has 0 bridgehead atoms. The number of hydrogen-bond acceptors (Lipinski definition) is 7. The van der Waals surface area contributed by atoms with E-state index in [1.807, 2.05) is 16.7 Å². The molecule has 0 fully saturated rings. The zero-order valence-corrected chi connectivity index (χ0v) is 14.7. The Labute approximate surface area is 149 Å². The fourth-order valence-corrected chi connectivity index (χ4v) is 3.07. The molecule has 3 rings (SSSR count). The Kier molecular flexibility index (Phi) is 5.39. The summed E-state index contributed by atoms with van der Waals surface area (Å²) in [4.78, 5) is 12.4. The first-order valence-corrected chi connectivity index (χ1v) is 8.48. The van der Waals surface area contributed by atoms with Crippen LogP contribution >= 0.6 is 11.8 Å². The standard InChI is InChI=1S/C17H17N3O4S/c1-22-15-6-5-12(8-16(15)23-2)14(21)10-25-17-19-18-11-20(17)9-13-4-3-7-24-13/h3-8,11H,9-10H2,1-2H3. The van der Waals surface area contributed by atoms with E-state index >= 15 is 0 Å². The summed E-state index contributed by atoms with van der Waals surface area (Å²) in [6.07, 6.45) is 3.23. The van der Waals surface area contributed by atoms with Crippen LogP contribution in [0.2, 0.25) is 0 Å². The van der Waals surface area contributed by atoms with E-state index in [0.717, 1.165) is 5.76 Å². The second-order valence-electron chi connectivity index (χ2n) is 5.10. The highest BCUT2D eigenvalue weighted by molar-refractivity contribution is 7.99. The molecule has 25 heavy (non-hydrogen) atoms. The molecule has 0 saturated carbocycles. The number of hydrogen-bond donors (Lipinski definition) is 0. The molecule has 0 saturated heterocycles. The molecule has 3 aromatic rings. The predicted octanol–water partition coefficient (Wildman–Crippen LogP) is 2.91. The molecular formula is C17H17N3O4S. The normalized spacial score (nSPS) is 10.6. The first-order chi connectivity index (χ1) is 12.2. The van der Waals surface area contributed by atoms with Crippen molar-refractivity contribution in [1.29, 1.82) is 0 Å². The van der Waals surface area contributed by atoms with Crippen LogP contribution in [0.25, 0.3) is 0 Å². The third-order valence-corrected chi connectivity index (χ3v) is 4.51. The molecule has 8 heteroatoms. The number of thioether (sulfide) groups is 1. The van der Waals surface area contributed by atoms with Gasteiger partial charge in [0.15, 0.2) is 22.4 Å². The van der Waals surface area contributed by atoms with Gasteiger partial charge in [0.05, 0.1) is 32.8 Å². The summed E-state index contributed by atoms with van der Waals surface area (Å²) in [7, 11) is 3.10. The maximum absolute atomic E-state index is 12.4. The van der Waals surface area contributed by atoms with Gasteiger partial charge in [-0.3, -0.25) is 4.79 Å². The van der Waals surface area contributed by atoms with Crippen LogP contribution in [0, 0.1) is 0 Å². The molecule has 0 aliphatic heterocycles. The molecule has 0 spiro atoms. The first kappa shape index (κ1) is 17.1. The molecule has 2 heterocycles. The van der Waals surface area contributed by atoms with E-state index in [2.05, 4.69) is 10.2 Å². The van der Waals surface area contributed by atoms with Crippen molar-refractivity contribution in [3.63, 3.8) is 0 Å². The van der Waals surface area contributed by atoms with Crippen molar-refractivity contribution >= 4 is 17.5 Å². The largest absolute Gasteiger partial charge is 0.493 e. The quantitative estimate of drug-likeness (QED) is 0.452. The number of carbonyl (C=O) groups excluding carboxylic acids is 1. The van der Waals surface area contributed by atoms with Gasteiger partial charge >= 0.3 is 0 Å². The van der Waals surface area contributed by atoms with Crippen LogP contribution in [0.1, 0.15) is 16.1 Å². The lowest BCUT2D eigenvalue weighted by atomic mass is 10.1. The van der Waals surface area contributed by atoms with E-state index in [1.165, 1.54) is 18.9 Å². The predicted molar refractivity (Wildman–Crippen MR) is 92.4 cm³/mol. The lowest BCUT2D eigenvalue weighted by molar-refractivity contribution is 0.102. The van der Waals surface area contributed by atoms with Crippen molar-refractivity contribution in [2.24, 2.45) is 0 Å². The summed E-state index contributed by atoms with van der Waals surface area (Å²) in [5.74, 6) is 2.13. The summed E-state index contributed by atoms with van der Waals surface area (Å²) in [5, 5.41) is 8.62. The van der Waals surface area contributed by atoms with Crippen LogP contribution in [0.15, 0.2) is 52.5 Å². The maximum atomic E-state index is 12.4. The number of Topliss-reactive ketones (excluding diaryl/α,β-unsaturated/α-hetero) is 1. The second kappa shape index (κ2) is 7.89. The van der Waals surface area contributed by atoms with Gasteiger partial charge in [0.2, 0.25) is 0 Å². The number of aromatic nitrogens is 3. The number of ketones is 1. The van der Waals surface area contributed by atoms with Gasteiger partial charge in [-0.05, 0) is 30.3 Å². The Balaban J connectivity index is 1.66. The fraction of sp³-hybridized carbons (Fsp3) is 0.235. The average molecular weight is 359 g/mol. The number of furan rings is 1. The van der Waals surface area contributed by atoms with E-state index in [4.69, 9.17) is 13.9 Å². The van der Waals surface area contributed by atoms with Crippen molar-refractivity contribution in [3.8, 4) is 11.5 Å². The average Bonchev–Trinajstić information content (AvgIpc) is 3.31. The molecule has 2 aromatic heterocycles. The van der Waals surface area contributed by atoms with Crippen LogP contribution in [0.3, 0.4) is 0 Å². The molecule has 0 N–H and O–H groups in total. The summed E-state index contributed by atoms with van der Waals surface area (Å²) in [5.41, 5.74) is 0.558. The van der Waals surface area contributed by atoms with Crippen LogP contribution in [0.4, 0.5) is 0 Å². The lowest BCUT2D eigenvalue weighted by Crippen LogP contribution is -2.06. The van der Waals surface area contributed by atoms with Gasteiger partial charge in [-0.15, -0.1) is 10.2 Å².